The second-order valence-corrected chi connectivity index (χ2v) is 20.9. The van der Waals surface area contributed by atoms with E-state index in [1.54, 1.807) is 60.8 Å². The molecule has 0 unspecified atom stereocenters. The quantitative estimate of drug-likeness (QED) is 0.0238. The lowest BCUT2D eigenvalue weighted by molar-refractivity contribution is -0.144. The van der Waals surface area contributed by atoms with Crippen molar-refractivity contribution < 1.29 is 63.0 Å². The van der Waals surface area contributed by atoms with Crippen LogP contribution in [0.5, 0.6) is 0 Å². The van der Waals surface area contributed by atoms with E-state index in [1.807, 2.05) is 0 Å². The number of nitrogens with two attached hydrogens (primary N) is 2. The molecular formula is C56H77N17O13. The number of hydrogen-bond donors (Lipinski definition) is 16. The van der Waals surface area contributed by atoms with Gasteiger partial charge in [-0.2, -0.15) is 0 Å². The smallest absolute Gasteiger partial charge is 0.246 e. The molecule has 0 aliphatic carbocycles. The van der Waals surface area contributed by atoms with Gasteiger partial charge in [-0.15, -0.1) is 0 Å². The van der Waals surface area contributed by atoms with Crippen LogP contribution in [0.3, 0.4) is 0 Å². The number of likely N-dealkylation sites (N-methyl/N-ethyl adjacent to an activating group) is 1. The molecule has 18 N–H and O–H groups in total. The van der Waals surface area contributed by atoms with Crippen LogP contribution in [0.1, 0.15) is 75.1 Å². The van der Waals surface area contributed by atoms with Gasteiger partial charge < -0.3 is 89.7 Å². The number of para-hydroxylation sites is 1. The number of aromatic amines is 2. The minimum atomic E-state index is -1.73. The van der Waals surface area contributed by atoms with Crippen LogP contribution in [-0.2, 0) is 72.0 Å². The normalized spacial score (nSPS) is 22.0. The standard InChI is InChI=1S/C56H77N17O13/c1-31(76)65-37-16-8-9-19-61-46(77)25-42(55(86)73-21-11-18-45(73)54(85)72-44(29-75)53(84)71-43(28-74)47(78)59-2)70-51(82)40(23-33-26-63-36-15-7-6-14-35(33)36)68-49(80)38(17-10-20-62-56(57)58)66-50(81)39(22-32-12-4-3-5-13-32)67-52(83)41(69-48(37)79)24-34-27-60-30-64-34/h3-7,12-15,26-27,30,37-45,63,74-75H,8-11,16-25,28-29H2,1-2H3,(H,59,78)(H,60,64)(H,61,77)(H,65,76)(H,66,81)(H,67,83)(H,68,80)(H,69,79)(H,70,82)(H,71,84)(H,72,85)(H4,57,58,62)/t37-,38-,39+,40-,41-,42-,43-,44-,45-/m0/s1. The summed E-state index contributed by atoms with van der Waals surface area (Å²) in [4.78, 5) is 170. The number of carbonyl (C=O) groups is 11. The van der Waals surface area contributed by atoms with Crippen molar-refractivity contribution in [3.8, 4) is 0 Å². The number of fused-ring (bicyclic) bond motifs is 1. The summed E-state index contributed by atoms with van der Waals surface area (Å²) in [5.74, 6) is -9.44. The van der Waals surface area contributed by atoms with Crippen LogP contribution in [0, 0.1) is 0 Å². The van der Waals surface area contributed by atoms with E-state index in [0.717, 1.165) is 4.90 Å². The number of hydrogen-bond acceptors (Lipinski definition) is 15. The first kappa shape index (κ1) is 65.7. The van der Waals surface area contributed by atoms with E-state index >= 15 is 4.79 Å². The zero-order valence-corrected chi connectivity index (χ0v) is 47.8. The van der Waals surface area contributed by atoms with Crippen molar-refractivity contribution in [2.24, 2.45) is 16.5 Å². The number of nitrogens with one attached hydrogen (secondary N) is 12. The van der Waals surface area contributed by atoms with Crippen molar-refractivity contribution in [3.63, 3.8) is 0 Å². The van der Waals surface area contributed by atoms with Gasteiger partial charge in [0.15, 0.2) is 5.96 Å². The topological polar surface area (TPSA) is 461 Å². The Bertz CT molecular complexity index is 3040. The summed E-state index contributed by atoms with van der Waals surface area (Å²) in [5, 5.41) is 46.5. The summed E-state index contributed by atoms with van der Waals surface area (Å²) in [6, 6.07) is 2.67. The highest BCUT2D eigenvalue weighted by Crippen LogP contribution is 2.22. The van der Waals surface area contributed by atoms with E-state index in [9.17, 15) is 58.2 Å². The Morgan fingerprint density at radius 1 is 0.733 bits per heavy atom. The van der Waals surface area contributed by atoms with Gasteiger partial charge in [-0.25, -0.2) is 4.98 Å². The number of aliphatic hydroxyl groups is 2. The predicted molar refractivity (Wildman–Crippen MR) is 310 cm³/mol. The number of aliphatic imine (C=N–C) groups is 1. The number of H-pyrrole nitrogens is 2. The first-order chi connectivity index (χ1) is 41.3. The van der Waals surface area contributed by atoms with Crippen molar-refractivity contribution >= 4 is 81.8 Å². The number of aromatic nitrogens is 3. The van der Waals surface area contributed by atoms with Crippen molar-refractivity contribution in [3.05, 3.63) is 90.1 Å². The molecule has 30 heteroatoms. The van der Waals surface area contributed by atoms with Gasteiger partial charge in [0.2, 0.25) is 65.0 Å². The van der Waals surface area contributed by atoms with Crippen molar-refractivity contribution in [2.45, 2.75) is 132 Å². The predicted octanol–water partition coefficient (Wildman–Crippen LogP) is -4.72. The van der Waals surface area contributed by atoms with Crippen LogP contribution < -0.4 is 64.6 Å². The molecule has 4 aromatic rings. The second-order valence-electron chi connectivity index (χ2n) is 20.9. The maximum Gasteiger partial charge on any atom is 0.246 e. The third-order valence-corrected chi connectivity index (χ3v) is 14.5. The zero-order valence-electron chi connectivity index (χ0n) is 47.8. The molecule has 30 nitrogen and oxygen atoms in total. The Morgan fingerprint density at radius 3 is 2.05 bits per heavy atom. The zero-order chi connectivity index (χ0) is 62.3. The lowest BCUT2D eigenvalue weighted by atomic mass is 10.0. The first-order valence-corrected chi connectivity index (χ1v) is 28.3. The monoisotopic (exact) mass is 1200 g/mol. The van der Waals surface area contributed by atoms with E-state index in [0.29, 0.717) is 27.7 Å². The molecule has 2 saturated heterocycles. The van der Waals surface area contributed by atoms with Crippen molar-refractivity contribution in [1.29, 1.82) is 0 Å². The van der Waals surface area contributed by atoms with Gasteiger partial charge in [-0.05, 0) is 62.1 Å². The van der Waals surface area contributed by atoms with Crippen LogP contribution >= 0.6 is 0 Å². The summed E-state index contributed by atoms with van der Waals surface area (Å²) in [7, 11) is 1.27. The number of nitrogens with zero attached hydrogens (tertiary/aromatic N) is 3. The van der Waals surface area contributed by atoms with Gasteiger partial charge in [0.05, 0.1) is 26.0 Å². The number of rotatable bonds is 19. The van der Waals surface area contributed by atoms with Crippen LogP contribution in [0.4, 0.5) is 0 Å². The molecule has 2 aliphatic heterocycles. The summed E-state index contributed by atoms with van der Waals surface area (Å²) in [5.41, 5.74) is 13.5. The van der Waals surface area contributed by atoms with Gasteiger partial charge in [-0.1, -0.05) is 48.5 Å². The number of carbonyl (C=O) groups excluding carboxylic acids is 11. The maximum atomic E-state index is 15.1. The molecule has 0 saturated carbocycles. The summed E-state index contributed by atoms with van der Waals surface area (Å²) in [6.45, 7) is -0.655. The number of benzene rings is 2. The van der Waals surface area contributed by atoms with Gasteiger partial charge in [0.1, 0.15) is 54.4 Å². The molecule has 2 aromatic heterocycles. The molecule has 2 aromatic carbocycles. The largest absolute Gasteiger partial charge is 0.394 e. The van der Waals surface area contributed by atoms with Gasteiger partial charge >= 0.3 is 0 Å². The third-order valence-electron chi connectivity index (χ3n) is 14.5. The fourth-order valence-electron chi connectivity index (χ4n) is 10.0. The molecule has 0 radical (unpaired) electrons. The summed E-state index contributed by atoms with van der Waals surface area (Å²) in [6.07, 6.45) is 3.95. The molecule has 0 bridgehead atoms. The van der Waals surface area contributed by atoms with Gasteiger partial charge in [0.25, 0.3) is 0 Å². The average Bonchev–Trinajstić information content (AvgIpc) is 4.29. The lowest BCUT2D eigenvalue weighted by Gasteiger charge is -2.31. The number of guanidine groups is 1. The maximum absolute atomic E-state index is 15.1. The van der Waals surface area contributed by atoms with Crippen molar-refractivity contribution in [2.75, 3.05) is 39.9 Å². The summed E-state index contributed by atoms with van der Waals surface area (Å²) < 4.78 is 0. The summed E-state index contributed by atoms with van der Waals surface area (Å²) >= 11 is 0. The molecule has 86 heavy (non-hydrogen) atoms. The Morgan fingerprint density at radius 2 is 1.37 bits per heavy atom. The minimum absolute atomic E-state index is 0.00301. The molecular weight excluding hydrogens is 1120 g/mol. The first-order valence-electron chi connectivity index (χ1n) is 28.3. The number of amides is 11. The molecule has 9 atom stereocenters. The van der Waals surface area contributed by atoms with Crippen LogP contribution in [0.2, 0.25) is 0 Å². The molecule has 2 fully saturated rings. The number of likely N-dealkylation sites (tertiary alicyclic amines) is 1. The van der Waals surface area contributed by atoms with E-state index in [-0.39, 0.29) is 89.8 Å². The molecule has 6 rings (SSSR count). The Balaban J connectivity index is 1.39. The molecule has 0 spiro atoms. The molecule has 4 heterocycles. The average molecular weight is 1200 g/mol. The second kappa shape index (κ2) is 32.6. The highest BCUT2D eigenvalue weighted by Gasteiger charge is 2.41. The SMILES string of the molecule is CNC(=O)[C@H](CO)NC(=O)[C@H](CO)NC(=O)[C@@H]1CCCN1C(=O)[C@@H]1CC(=O)NCCCC[C@H](NC(C)=O)C(=O)N[C@@H](Cc2cnc[nH]2)C(=O)N[C@H](Cc2ccccc2)C(=O)N[C@@H](CCCN=C(N)N)C(=O)N[C@@H](Cc2c[nH]c3ccccc23)C(=O)N1. The van der Waals surface area contributed by atoms with Crippen LogP contribution in [0.15, 0.2) is 78.3 Å². The van der Waals surface area contributed by atoms with Gasteiger partial charge in [-0.3, -0.25) is 57.7 Å². The van der Waals surface area contributed by atoms with E-state index in [1.165, 1.54) is 26.5 Å². The fourth-order valence-corrected chi connectivity index (χ4v) is 10.0. The van der Waals surface area contributed by atoms with E-state index in [2.05, 4.69) is 73.1 Å². The number of aliphatic hydroxyl groups excluding tert-OH is 2. The van der Waals surface area contributed by atoms with Gasteiger partial charge in [0, 0.05) is 81.9 Å². The van der Waals surface area contributed by atoms with Crippen LogP contribution in [-0.4, -0.2) is 195 Å². The highest BCUT2D eigenvalue weighted by atomic mass is 16.3. The van der Waals surface area contributed by atoms with Crippen LogP contribution in [0.25, 0.3) is 10.9 Å². The Kier molecular flexibility index (Phi) is 24.9. The molecule has 464 valence electrons. The Labute approximate surface area is 494 Å². The van der Waals surface area contributed by atoms with Crippen molar-refractivity contribution in [1.82, 2.24) is 73.0 Å². The van der Waals surface area contributed by atoms with E-state index < -0.39 is 139 Å². The number of imidazole rings is 1. The lowest BCUT2D eigenvalue weighted by Crippen LogP contribution is -2.61. The van der Waals surface area contributed by atoms with E-state index in [4.69, 9.17) is 11.5 Å². The molecule has 11 amide bonds. The third kappa shape index (κ3) is 19.3. The highest BCUT2D eigenvalue weighted by molar-refractivity contribution is 6.00. The fraction of sp³-hybridized carbons (Fsp3) is 0.482. The Hall–Kier alpha value is -9.45. The molecule has 2 aliphatic rings. The minimum Gasteiger partial charge on any atom is -0.394 e.